The fraction of sp³-hybridized carbons (Fsp3) is 0.316. The van der Waals surface area contributed by atoms with Gasteiger partial charge in [0.25, 0.3) is 5.91 Å². The number of piperazine rings is 1. The van der Waals surface area contributed by atoms with Crippen LogP contribution in [0.5, 0.6) is 11.6 Å². The van der Waals surface area contributed by atoms with Gasteiger partial charge in [0.15, 0.2) is 6.61 Å². The van der Waals surface area contributed by atoms with E-state index in [1.54, 1.807) is 7.11 Å². The highest BCUT2D eigenvalue weighted by molar-refractivity contribution is 7.16. The molecule has 1 saturated heterocycles. The van der Waals surface area contributed by atoms with Crippen LogP contribution in [0.15, 0.2) is 42.0 Å². The quantitative estimate of drug-likeness (QED) is 0.673. The third-order valence-corrected chi connectivity index (χ3v) is 5.45. The highest BCUT2D eigenvalue weighted by atomic mass is 32.1. The van der Waals surface area contributed by atoms with Crippen LogP contribution in [0.4, 0.5) is 5.69 Å². The lowest BCUT2D eigenvalue weighted by atomic mass is 10.2. The van der Waals surface area contributed by atoms with E-state index < -0.39 is 0 Å². The first-order valence-electron chi connectivity index (χ1n) is 8.72. The molecule has 1 fully saturated rings. The van der Waals surface area contributed by atoms with Crippen molar-refractivity contribution in [1.29, 1.82) is 0 Å². The summed E-state index contributed by atoms with van der Waals surface area (Å²) in [5.74, 6) is 1.28. The van der Waals surface area contributed by atoms with Gasteiger partial charge in [-0.05, 0) is 35.7 Å². The van der Waals surface area contributed by atoms with Crippen molar-refractivity contribution in [2.75, 3.05) is 44.8 Å². The van der Waals surface area contributed by atoms with Crippen molar-refractivity contribution in [3.63, 3.8) is 0 Å². The van der Waals surface area contributed by atoms with Crippen LogP contribution in [0.2, 0.25) is 0 Å². The average Bonchev–Trinajstić information content (AvgIpc) is 3.22. The third-order valence-electron chi connectivity index (χ3n) is 4.63. The number of amides is 1. The molecule has 7 nitrogen and oxygen atoms in total. The summed E-state index contributed by atoms with van der Waals surface area (Å²) >= 11 is 1.52. The number of nitrogens with zero attached hydrogens (tertiary/aromatic N) is 4. The Morgan fingerprint density at radius 2 is 1.89 bits per heavy atom. The van der Waals surface area contributed by atoms with Crippen LogP contribution in [-0.2, 0) is 4.79 Å². The molecule has 0 radical (unpaired) electrons. The number of hydrogen-bond acceptors (Lipinski definition) is 7. The van der Waals surface area contributed by atoms with E-state index in [2.05, 4.69) is 14.9 Å². The van der Waals surface area contributed by atoms with Crippen LogP contribution in [-0.4, -0.2) is 60.7 Å². The first-order chi connectivity index (χ1) is 13.2. The molecule has 2 aromatic heterocycles. The molecule has 3 heterocycles. The Kier molecular flexibility index (Phi) is 5.06. The van der Waals surface area contributed by atoms with Crippen molar-refractivity contribution in [3.05, 3.63) is 42.0 Å². The normalized spacial score (nSPS) is 14.4. The fourth-order valence-electron chi connectivity index (χ4n) is 3.11. The molecule has 8 heteroatoms. The molecule has 1 aromatic carbocycles. The molecule has 0 atom stereocenters. The summed E-state index contributed by atoms with van der Waals surface area (Å²) in [4.78, 5) is 25.8. The van der Waals surface area contributed by atoms with E-state index in [-0.39, 0.29) is 12.5 Å². The lowest BCUT2D eigenvalue weighted by Crippen LogP contribution is -2.50. The Labute approximate surface area is 161 Å². The molecule has 0 saturated carbocycles. The Morgan fingerprint density at radius 1 is 1.11 bits per heavy atom. The number of thiophene rings is 1. The highest BCUT2D eigenvalue weighted by Crippen LogP contribution is 2.25. The average molecular weight is 384 g/mol. The summed E-state index contributed by atoms with van der Waals surface area (Å²) in [7, 11) is 1.66. The van der Waals surface area contributed by atoms with Crippen molar-refractivity contribution >= 4 is 33.1 Å². The maximum absolute atomic E-state index is 12.5. The molecular formula is C19H20N4O3S. The highest BCUT2D eigenvalue weighted by Gasteiger charge is 2.22. The minimum absolute atomic E-state index is 0.00943. The number of rotatable bonds is 5. The molecule has 0 aliphatic carbocycles. The maximum Gasteiger partial charge on any atom is 0.260 e. The summed E-state index contributed by atoms with van der Waals surface area (Å²) in [6.45, 7) is 2.92. The van der Waals surface area contributed by atoms with Crippen molar-refractivity contribution in [2.24, 2.45) is 0 Å². The molecule has 0 bridgehead atoms. The molecule has 1 aliphatic heterocycles. The molecule has 4 rings (SSSR count). The molecular weight excluding hydrogens is 364 g/mol. The lowest BCUT2D eigenvalue weighted by molar-refractivity contribution is -0.133. The molecule has 0 unspecified atom stereocenters. The number of anilines is 1. The van der Waals surface area contributed by atoms with Crippen LogP contribution < -0.4 is 14.4 Å². The topological polar surface area (TPSA) is 67.8 Å². The number of fused-ring (bicyclic) bond motifs is 1. The predicted molar refractivity (Wildman–Crippen MR) is 105 cm³/mol. The summed E-state index contributed by atoms with van der Waals surface area (Å²) in [5.41, 5.74) is 1.14. The Hall–Kier alpha value is -2.87. The zero-order valence-corrected chi connectivity index (χ0v) is 15.8. The van der Waals surface area contributed by atoms with E-state index in [1.807, 2.05) is 40.6 Å². The van der Waals surface area contributed by atoms with E-state index in [9.17, 15) is 4.79 Å². The molecule has 1 amide bonds. The van der Waals surface area contributed by atoms with E-state index >= 15 is 0 Å². The van der Waals surface area contributed by atoms with Crippen molar-refractivity contribution in [1.82, 2.24) is 14.9 Å². The Morgan fingerprint density at radius 3 is 2.63 bits per heavy atom. The second kappa shape index (κ2) is 7.79. The van der Waals surface area contributed by atoms with Gasteiger partial charge in [-0.3, -0.25) is 4.79 Å². The van der Waals surface area contributed by atoms with Gasteiger partial charge in [0.2, 0.25) is 5.88 Å². The van der Waals surface area contributed by atoms with Crippen molar-refractivity contribution in [2.45, 2.75) is 0 Å². The number of aromatic nitrogens is 2. The summed E-state index contributed by atoms with van der Waals surface area (Å²) in [5, 5.41) is 2.78. The summed E-state index contributed by atoms with van der Waals surface area (Å²) in [6, 6.07) is 9.90. The van der Waals surface area contributed by atoms with Gasteiger partial charge >= 0.3 is 0 Å². The first kappa shape index (κ1) is 17.5. The predicted octanol–water partition coefficient (Wildman–Crippen LogP) is 2.43. The lowest BCUT2D eigenvalue weighted by Gasteiger charge is -2.36. The van der Waals surface area contributed by atoms with Crippen molar-refractivity contribution in [3.8, 4) is 11.6 Å². The van der Waals surface area contributed by atoms with Gasteiger partial charge in [-0.25, -0.2) is 9.97 Å². The second-order valence-electron chi connectivity index (χ2n) is 6.17. The first-order valence-corrected chi connectivity index (χ1v) is 9.60. The number of carbonyl (C=O) groups is 1. The van der Waals surface area contributed by atoms with Gasteiger partial charge in [-0.1, -0.05) is 0 Å². The molecule has 0 spiro atoms. The van der Waals surface area contributed by atoms with Crippen LogP contribution in [0.1, 0.15) is 0 Å². The Balaban J connectivity index is 1.31. The summed E-state index contributed by atoms with van der Waals surface area (Å²) < 4.78 is 10.9. The van der Waals surface area contributed by atoms with Gasteiger partial charge in [-0.2, -0.15) is 0 Å². The van der Waals surface area contributed by atoms with Gasteiger partial charge in [0.1, 0.15) is 16.9 Å². The van der Waals surface area contributed by atoms with Gasteiger partial charge in [0.05, 0.1) is 12.5 Å². The second-order valence-corrected chi connectivity index (χ2v) is 7.07. The number of hydrogen-bond donors (Lipinski definition) is 0. The number of ether oxygens (including phenoxy) is 2. The number of carbonyl (C=O) groups excluding carboxylic acids is 1. The van der Waals surface area contributed by atoms with Gasteiger partial charge < -0.3 is 19.3 Å². The Bertz CT molecular complexity index is 920. The maximum atomic E-state index is 12.5. The monoisotopic (exact) mass is 384 g/mol. The molecule has 3 aromatic rings. The minimum Gasteiger partial charge on any atom is -0.497 e. The van der Waals surface area contributed by atoms with Crippen LogP contribution in [0, 0.1) is 0 Å². The molecule has 1 aliphatic rings. The van der Waals surface area contributed by atoms with Crippen LogP contribution in [0.3, 0.4) is 0 Å². The molecule has 0 N–H and O–H groups in total. The van der Waals surface area contributed by atoms with Crippen LogP contribution >= 0.6 is 11.3 Å². The largest absolute Gasteiger partial charge is 0.497 e. The van der Waals surface area contributed by atoms with E-state index in [0.29, 0.717) is 19.0 Å². The SMILES string of the molecule is COc1ccc(N2CCN(C(=O)COc3ncnc4sccc34)CC2)cc1. The van der Waals surface area contributed by atoms with Gasteiger partial charge in [-0.15, -0.1) is 11.3 Å². The minimum atomic E-state index is -0.0219. The smallest absolute Gasteiger partial charge is 0.260 e. The molecule has 140 valence electrons. The van der Waals surface area contributed by atoms with Gasteiger partial charge in [0, 0.05) is 31.9 Å². The molecule has 27 heavy (non-hydrogen) atoms. The van der Waals surface area contributed by atoms with E-state index in [1.165, 1.54) is 17.7 Å². The van der Waals surface area contributed by atoms with E-state index in [0.717, 1.165) is 34.7 Å². The fourth-order valence-corrected chi connectivity index (χ4v) is 3.83. The zero-order chi connectivity index (χ0) is 18.6. The number of methoxy groups -OCH3 is 1. The number of benzene rings is 1. The standard InChI is InChI=1S/C19H20N4O3S/c1-25-15-4-2-14(3-5-15)22-7-9-23(10-8-22)17(24)12-26-18-16-6-11-27-19(16)21-13-20-18/h2-6,11,13H,7-10,12H2,1H3. The van der Waals surface area contributed by atoms with Crippen LogP contribution in [0.25, 0.3) is 10.2 Å². The third kappa shape index (κ3) is 3.80. The zero-order valence-electron chi connectivity index (χ0n) is 15.0. The van der Waals surface area contributed by atoms with Crippen molar-refractivity contribution < 1.29 is 14.3 Å². The summed E-state index contributed by atoms with van der Waals surface area (Å²) in [6.07, 6.45) is 1.46. The van der Waals surface area contributed by atoms with E-state index in [4.69, 9.17) is 9.47 Å².